The van der Waals surface area contributed by atoms with E-state index >= 15 is 0 Å². The topological polar surface area (TPSA) is 88.9 Å². The lowest BCUT2D eigenvalue weighted by Gasteiger charge is -2.24. The number of esters is 1. The Kier molecular flexibility index (Phi) is 9.05. The van der Waals surface area contributed by atoms with Crippen LogP contribution in [0.1, 0.15) is 25.3 Å². The van der Waals surface area contributed by atoms with Crippen molar-refractivity contribution < 1.29 is 23.8 Å². The van der Waals surface area contributed by atoms with Crippen molar-refractivity contribution in [3.05, 3.63) is 36.4 Å². The molecule has 0 fully saturated rings. The summed E-state index contributed by atoms with van der Waals surface area (Å²) in [5.74, 6) is -0.139. The van der Waals surface area contributed by atoms with E-state index in [0.717, 1.165) is 5.56 Å². The van der Waals surface area contributed by atoms with Crippen molar-refractivity contribution in [1.29, 1.82) is 5.41 Å². The van der Waals surface area contributed by atoms with Crippen LogP contribution in [-0.2, 0) is 20.9 Å². The molecule has 0 aromatic heterocycles. The van der Waals surface area contributed by atoms with Gasteiger partial charge in [-0.25, -0.2) is 4.79 Å². The van der Waals surface area contributed by atoms with Gasteiger partial charge in [0, 0.05) is 37.6 Å². The molecule has 1 N–H and O–H groups in total. The molecule has 0 saturated carbocycles. The van der Waals surface area contributed by atoms with E-state index in [1.54, 1.807) is 51.3 Å². The minimum Gasteiger partial charge on any atom is -0.497 e. The van der Waals surface area contributed by atoms with Gasteiger partial charge in [0.15, 0.2) is 0 Å². The third-order valence-electron chi connectivity index (χ3n) is 4.05. The van der Waals surface area contributed by atoms with E-state index in [1.807, 2.05) is 6.07 Å². The van der Waals surface area contributed by atoms with Crippen molar-refractivity contribution >= 4 is 17.6 Å². The van der Waals surface area contributed by atoms with E-state index in [2.05, 4.69) is 6.58 Å². The minimum atomic E-state index is -0.696. The van der Waals surface area contributed by atoms with Crippen LogP contribution in [0.5, 0.6) is 11.5 Å². The lowest BCUT2D eigenvalue weighted by molar-refractivity contribution is -0.135. The van der Waals surface area contributed by atoms with Crippen LogP contribution in [0.25, 0.3) is 0 Å². The first-order valence-electron chi connectivity index (χ1n) is 8.69. The van der Waals surface area contributed by atoms with E-state index in [9.17, 15) is 9.59 Å². The zero-order valence-corrected chi connectivity index (χ0v) is 16.4. The molecule has 0 heterocycles. The Balaban J connectivity index is 2.88. The number of methoxy groups -OCH3 is 2. The summed E-state index contributed by atoms with van der Waals surface area (Å²) in [6.45, 7) is 5.86. The largest absolute Gasteiger partial charge is 0.497 e. The summed E-state index contributed by atoms with van der Waals surface area (Å²) < 4.78 is 15.4. The number of nitrogens with one attached hydrogen (secondary N) is 1. The second-order valence-electron chi connectivity index (χ2n) is 6.00. The zero-order chi connectivity index (χ0) is 20.4. The first kappa shape index (κ1) is 22.2. The van der Waals surface area contributed by atoms with Crippen LogP contribution in [-0.4, -0.2) is 50.4 Å². The van der Waals surface area contributed by atoms with Crippen LogP contribution in [0.15, 0.2) is 30.9 Å². The molecule has 27 heavy (non-hydrogen) atoms. The summed E-state index contributed by atoms with van der Waals surface area (Å²) in [7, 11) is 4.81. The maximum absolute atomic E-state index is 12.8. The molecular formula is C20H28N2O5. The van der Waals surface area contributed by atoms with Gasteiger partial charge in [0.2, 0.25) is 5.91 Å². The van der Waals surface area contributed by atoms with Gasteiger partial charge in [-0.2, -0.15) is 0 Å². The summed E-state index contributed by atoms with van der Waals surface area (Å²) in [6.07, 6.45) is 1.99. The number of rotatable bonds is 11. The fourth-order valence-electron chi connectivity index (χ4n) is 2.65. The third kappa shape index (κ3) is 6.44. The Morgan fingerprint density at radius 1 is 1.30 bits per heavy atom. The number of benzene rings is 1. The molecule has 1 amide bonds. The summed E-state index contributed by atoms with van der Waals surface area (Å²) >= 11 is 0. The summed E-state index contributed by atoms with van der Waals surface area (Å²) in [5, 5.41) is 7.86. The van der Waals surface area contributed by atoms with Crippen molar-refractivity contribution in [2.45, 2.75) is 26.3 Å². The zero-order valence-electron chi connectivity index (χ0n) is 16.4. The molecule has 1 rings (SSSR count). The van der Waals surface area contributed by atoms with E-state index in [0.29, 0.717) is 24.5 Å². The highest BCUT2D eigenvalue weighted by Crippen LogP contribution is 2.26. The van der Waals surface area contributed by atoms with Gasteiger partial charge in [-0.15, -0.1) is 6.58 Å². The molecule has 0 saturated heterocycles. The molecule has 7 heteroatoms. The highest BCUT2D eigenvalue weighted by Gasteiger charge is 2.26. The number of hydrogen-bond donors (Lipinski definition) is 1. The first-order valence-corrected chi connectivity index (χ1v) is 8.69. The second-order valence-corrected chi connectivity index (χ2v) is 6.00. The van der Waals surface area contributed by atoms with Crippen LogP contribution in [0.4, 0.5) is 0 Å². The first-order chi connectivity index (χ1) is 12.9. The van der Waals surface area contributed by atoms with Gasteiger partial charge in [0.05, 0.1) is 20.8 Å². The highest BCUT2D eigenvalue weighted by atomic mass is 16.5. The van der Waals surface area contributed by atoms with Gasteiger partial charge in [0.25, 0.3) is 0 Å². The van der Waals surface area contributed by atoms with Crippen molar-refractivity contribution in [2.24, 2.45) is 5.92 Å². The van der Waals surface area contributed by atoms with Gasteiger partial charge in [-0.3, -0.25) is 10.2 Å². The number of ether oxygens (including phenoxy) is 3. The van der Waals surface area contributed by atoms with Crippen molar-refractivity contribution in [2.75, 3.05) is 27.9 Å². The highest BCUT2D eigenvalue weighted by molar-refractivity contribution is 6.35. The molecule has 148 valence electrons. The summed E-state index contributed by atoms with van der Waals surface area (Å²) in [5.41, 5.74) is 0.611. The maximum Gasteiger partial charge on any atom is 0.351 e. The Labute approximate surface area is 160 Å². The Morgan fingerprint density at radius 2 is 2.00 bits per heavy atom. The number of amides is 1. The third-order valence-corrected chi connectivity index (χ3v) is 4.05. The molecule has 1 aromatic rings. The average molecular weight is 376 g/mol. The lowest BCUT2D eigenvalue weighted by Crippen LogP contribution is -2.34. The van der Waals surface area contributed by atoms with Crippen LogP contribution in [0.2, 0.25) is 0 Å². The fraction of sp³-hybridized carbons (Fsp3) is 0.450. The van der Waals surface area contributed by atoms with Gasteiger partial charge >= 0.3 is 5.97 Å². The molecular weight excluding hydrogens is 348 g/mol. The van der Waals surface area contributed by atoms with Gasteiger partial charge in [0.1, 0.15) is 17.2 Å². The molecule has 0 bridgehead atoms. The fourth-order valence-corrected chi connectivity index (χ4v) is 2.65. The molecule has 7 nitrogen and oxygen atoms in total. The lowest BCUT2D eigenvalue weighted by atomic mass is 9.96. The van der Waals surface area contributed by atoms with Crippen LogP contribution in [0.3, 0.4) is 0 Å². The van der Waals surface area contributed by atoms with Gasteiger partial charge < -0.3 is 19.1 Å². The molecule has 0 spiro atoms. The van der Waals surface area contributed by atoms with Gasteiger partial charge in [-0.05, 0) is 25.5 Å². The maximum atomic E-state index is 12.8. The molecule has 1 atom stereocenters. The van der Waals surface area contributed by atoms with Gasteiger partial charge in [-0.1, -0.05) is 6.08 Å². The Hall–Kier alpha value is -2.83. The summed E-state index contributed by atoms with van der Waals surface area (Å²) in [6, 6.07) is 5.39. The minimum absolute atomic E-state index is 0.00771. The van der Waals surface area contributed by atoms with E-state index in [-0.39, 0.29) is 24.6 Å². The molecule has 1 unspecified atom stereocenters. The Bertz CT molecular complexity index is 687. The van der Waals surface area contributed by atoms with Crippen molar-refractivity contribution in [3.8, 4) is 11.5 Å². The molecule has 0 aliphatic carbocycles. The average Bonchev–Trinajstić information content (AvgIpc) is 2.67. The van der Waals surface area contributed by atoms with E-state index in [4.69, 9.17) is 19.6 Å². The normalized spacial score (nSPS) is 11.3. The number of nitrogens with zero attached hydrogens (tertiary/aromatic N) is 1. The van der Waals surface area contributed by atoms with Crippen LogP contribution >= 0.6 is 0 Å². The molecule has 0 aliphatic heterocycles. The van der Waals surface area contributed by atoms with Crippen molar-refractivity contribution in [3.63, 3.8) is 0 Å². The smallest absolute Gasteiger partial charge is 0.351 e. The van der Waals surface area contributed by atoms with E-state index in [1.165, 1.54) is 0 Å². The van der Waals surface area contributed by atoms with E-state index < -0.39 is 11.9 Å². The number of hydrogen-bond acceptors (Lipinski definition) is 6. The molecule has 0 radical (unpaired) electrons. The SMILES string of the molecule is C=CCC(CC(=N)C(=O)OCC)C(=O)N(C)Cc1ccc(OC)cc1OC. The van der Waals surface area contributed by atoms with Crippen molar-refractivity contribution in [1.82, 2.24) is 4.90 Å². The molecule has 0 aliphatic rings. The monoisotopic (exact) mass is 376 g/mol. The predicted octanol–water partition coefficient (Wildman–Crippen LogP) is 2.83. The summed E-state index contributed by atoms with van der Waals surface area (Å²) in [4.78, 5) is 26.1. The second kappa shape index (κ2) is 11.0. The molecule has 1 aromatic carbocycles. The number of carbonyl (C=O) groups excluding carboxylic acids is 2. The van der Waals surface area contributed by atoms with Crippen LogP contribution in [0, 0.1) is 11.3 Å². The standard InChI is InChI=1S/C20H28N2O5/c1-6-8-14(11-17(21)20(24)27-7-2)19(23)22(3)13-15-9-10-16(25-4)12-18(15)26-5/h6,9-10,12,14,21H,1,7-8,11,13H2,2-5H3. The van der Waals surface area contributed by atoms with Crippen LogP contribution < -0.4 is 9.47 Å². The number of carbonyl (C=O) groups is 2. The predicted molar refractivity (Wildman–Crippen MR) is 103 cm³/mol. The Morgan fingerprint density at radius 3 is 2.56 bits per heavy atom. The quantitative estimate of drug-likeness (QED) is 0.364. The number of allylic oxidation sites excluding steroid dienone is 1.